The molecule has 1 aromatic heterocycles. The second kappa shape index (κ2) is 11.4. The van der Waals surface area contributed by atoms with Crippen LogP contribution >= 0.6 is 11.6 Å². The number of halogens is 1. The second-order valence-corrected chi connectivity index (χ2v) is 9.70. The number of nitrogens with one attached hydrogen (secondary N) is 2. The van der Waals surface area contributed by atoms with Crippen LogP contribution in [-0.2, 0) is 14.9 Å². The Morgan fingerprint density at radius 3 is 2.49 bits per heavy atom. The van der Waals surface area contributed by atoms with E-state index in [4.69, 9.17) is 21.4 Å². The van der Waals surface area contributed by atoms with Crippen molar-refractivity contribution in [3.63, 3.8) is 0 Å². The van der Waals surface area contributed by atoms with Gasteiger partial charge in [0.25, 0.3) is 0 Å². The zero-order chi connectivity index (χ0) is 25.6. The van der Waals surface area contributed by atoms with Gasteiger partial charge in [-0.25, -0.2) is 9.48 Å². The van der Waals surface area contributed by atoms with Crippen molar-refractivity contribution >= 4 is 35.0 Å². The van der Waals surface area contributed by atoms with Crippen molar-refractivity contribution in [1.82, 2.24) is 14.7 Å². The molecule has 1 heterocycles. The molecule has 0 aliphatic rings. The third-order valence-electron chi connectivity index (χ3n) is 5.35. The lowest BCUT2D eigenvalue weighted by Gasteiger charge is -2.22. The van der Waals surface area contributed by atoms with E-state index in [1.807, 2.05) is 37.3 Å². The SMILES string of the molecule is COCCN(CC(=O)Nc1cc(C(C)(C)C)nn1-c1ccccc1C)C(=O)Nc1cccc(Cl)c1. The predicted molar refractivity (Wildman–Crippen MR) is 140 cm³/mol. The summed E-state index contributed by atoms with van der Waals surface area (Å²) in [6.45, 7) is 8.54. The summed E-state index contributed by atoms with van der Waals surface area (Å²) >= 11 is 6.02. The number of aryl methyl sites for hydroxylation is 1. The zero-order valence-electron chi connectivity index (χ0n) is 20.8. The Hall–Kier alpha value is -3.36. The van der Waals surface area contributed by atoms with Gasteiger partial charge in [0.05, 0.1) is 18.0 Å². The van der Waals surface area contributed by atoms with Crippen molar-refractivity contribution in [2.75, 3.05) is 37.4 Å². The van der Waals surface area contributed by atoms with Crippen LogP contribution in [0.1, 0.15) is 32.0 Å². The minimum atomic E-state index is -0.428. The van der Waals surface area contributed by atoms with Crippen molar-refractivity contribution in [2.24, 2.45) is 0 Å². The van der Waals surface area contributed by atoms with Crippen LogP contribution in [0, 0.1) is 6.92 Å². The van der Waals surface area contributed by atoms with E-state index in [9.17, 15) is 9.59 Å². The molecule has 0 fully saturated rings. The number of anilines is 2. The van der Waals surface area contributed by atoms with Gasteiger partial charge in [-0.05, 0) is 36.8 Å². The lowest BCUT2D eigenvalue weighted by atomic mass is 9.92. The molecule has 3 rings (SSSR count). The summed E-state index contributed by atoms with van der Waals surface area (Å²) < 4.78 is 6.87. The van der Waals surface area contributed by atoms with Gasteiger partial charge in [-0.3, -0.25) is 4.79 Å². The first-order chi connectivity index (χ1) is 16.6. The third kappa shape index (κ3) is 7.07. The molecule has 0 saturated carbocycles. The monoisotopic (exact) mass is 497 g/mol. The first-order valence-corrected chi connectivity index (χ1v) is 11.7. The maximum Gasteiger partial charge on any atom is 0.322 e. The zero-order valence-corrected chi connectivity index (χ0v) is 21.5. The van der Waals surface area contributed by atoms with E-state index in [-0.39, 0.29) is 31.0 Å². The molecule has 0 radical (unpaired) electrons. The lowest BCUT2D eigenvalue weighted by molar-refractivity contribution is -0.116. The van der Waals surface area contributed by atoms with Gasteiger partial charge in [0.15, 0.2) is 0 Å². The van der Waals surface area contributed by atoms with E-state index < -0.39 is 6.03 Å². The fourth-order valence-electron chi connectivity index (χ4n) is 3.40. The molecule has 2 aromatic carbocycles. The molecule has 0 aliphatic carbocycles. The minimum Gasteiger partial charge on any atom is -0.383 e. The second-order valence-electron chi connectivity index (χ2n) is 9.27. The van der Waals surface area contributed by atoms with Gasteiger partial charge in [-0.2, -0.15) is 5.10 Å². The van der Waals surface area contributed by atoms with Gasteiger partial charge in [0.2, 0.25) is 5.91 Å². The Labute approximate surface area is 211 Å². The van der Waals surface area contributed by atoms with Crippen molar-refractivity contribution in [1.29, 1.82) is 0 Å². The number of hydrogen-bond donors (Lipinski definition) is 2. The minimum absolute atomic E-state index is 0.167. The van der Waals surface area contributed by atoms with Gasteiger partial charge in [0, 0.05) is 35.8 Å². The topological polar surface area (TPSA) is 88.5 Å². The van der Waals surface area contributed by atoms with E-state index in [2.05, 4.69) is 31.4 Å². The Kier molecular flexibility index (Phi) is 8.53. The standard InChI is InChI=1S/C26H32ClN5O3/c1-18-9-6-7-12-21(18)32-23(16-22(30-32)26(2,3)4)29-24(33)17-31(13-14-35-5)25(34)28-20-11-8-10-19(27)15-20/h6-12,15-16H,13-14,17H2,1-5H3,(H,28,34)(H,29,33). The molecule has 0 unspecified atom stereocenters. The van der Waals surface area contributed by atoms with E-state index in [0.717, 1.165) is 16.9 Å². The average Bonchev–Trinajstić information content (AvgIpc) is 3.21. The Morgan fingerprint density at radius 1 is 1.09 bits per heavy atom. The summed E-state index contributed by atoms with van der Waals surface area (Å²) in [6, 6.07) is 16.1. The third-order valence-corrected chi connectivity index (χ3v) is 5.59. The van der Waals surface area contributed by atoms with E-state index in [0.29, 0.717) is 16.5 Å². The van der Waals surface area contributed by atoms with Crippen LogP contribution in [0.4, 0.5) is 16.3 Å². The van der Waals surface area contributed by atoms with E-state index in [1.165, 1.54) is 4.90 Å². The van der Waals surface area contributed by atoms with Gasteiger partial charge < -0.3 is 20.3 Å². The Balaban J connectivity index is 1.82. The van der Waals surface area contributed by atoms with Crippen LogP contribution in [0.25, 0.3) is 5.69 Å². The number of urea groups is 1. The maximum absolute atomic E-state index is 13.1. The van der Waals surface area contributed by atoms with Crippen molar-refractivity contribution in [3.05, 3.63) is 70.9 Å². The number of rotatable bonds is 8. The smallest absolute Gasteiger partial charge is 0.322 e. The quantitative estimate of drug-likeness (QED) is 0.445. The van der Waals surface area contributed by atoms with Crippen LogP contribution in [0.5, 0.6) is 0 Å². The first kappa shape index (κ1) is 26.2. The molecule has 2 N–H and O–H groups in total. The summed E-state index contributed by atoms with van der Waals surface area (Å²) in [5, 5.41) is 11.0. The molecule has 35 heavy (non-hydrogen) atoms. The van der Waals surface area contributed by atoms with Gasteiger partial charge in [-0.1, -0.05) is 56.6 Å². The summed E-state index contributed by atoms with van der Waals surface area (Å²) in [6.07, 6.45) is 0. The highest BCUT2D eigenvalue weighted by Crippen LogP contribution is 2.27. The number of carbonyl (C=O) groups is 2. The fraction of sp³-hybridized carbons (Fsp3) is 0.346. The molecular formula is C26H32ClN5O3. The van der Waals surface area contributed by atoms with Gasteiger partial charge >= 0.3 is 6.03 Å². The summed E-state index contributed by atoms with van der Waals surface area (Å²) in [5.74, 6) is 0.189. The van der Waals surface area contributed by atoms with Crippen molar-refractivity contribution < 1.29 is 14.3 Å². The molecule has 0 bridgehead atoms. The van der Waals surface area contributed by atoms with Crippen LogP contribution in [-0.4, -0.2) is 53.4 Å². The number of para-hydroxylation sites is 1. The average molecular weight is 498 g/mol. The highest BCUT2D eigenvalue weighted by molar-refractivity contribution is 6.30. The number of ether oxygens (including phenoxy) is 1. The van der Waals surface area contributed by atoms with E-state index >= 15 is 0 Å². The lowest BCUT2D eigenvalue weighted by Crippen LogP contribution is -2.42. The highest BCUT2D eigenvalue weighted by atomic mass is 35.5. The largest absolute Gasteiger partial charge is 0.383 e. The van der Waals surface area contributed by atoms with Gasteiger partial charge in [-0.15, -0.1) is 0 Å². The van der Waals surface area contributed by atoms with Gasteiger partial charge in [0.1, 0.15) is 12.4 Å². The molecule has 3 amide bonds. The molecule has 9 heteroatoms. The van der Waals surface area contributed by atoms with Crippen LogP contribution in [0.3, 0.4) is 0 Å². The number of benzene rings is 2. The van der Waals surface area contributed by atoms with E-state index in [1.54, 1.807) is 36.1 Å². The molecule has 0 saturated heterocycles. The Morgan fingerprint density at radius 2 is 1.83 bits per heavy atom. The number of nitrogens with zero attached hydrogens (tertiary/aromatic N) is 3. The first-order valence-electron chi connectivity index (χ1n) is 11.4. The molecule has 8 nitrogen and oxygen atoms in total. The normalized spacial score (nSPS) is 11.3. The molecule has 0 aliphatic heterocycles. The van der Waals surface area contributed by atoms with Crippen LogP contribution in [0.2, 0.25) is 5.02 Å². The van der Waals surface area contributed by atoms with Crippen molar-refractivity contribution in [3.8, 4) is 5.69 Å². The molecule has 0 atom stereocenters. The van der Waals surface area contributed by atoms with Crippen LogP contribution in [0.15, 0.2) is 54.6 Å². The number of carbonyl (C=O) groups excluding carboxylic acids is 2. The molecule has 3 aromatic rings. The number of aromatic nitrogens is 2. The number of amides is 3. The highest BCUT2D eigenvalue weighted by Gasteiger charge is 2.23. The summed E-state index contributed by atoms with van der Waals surface area (Å²) in [4.78, 5) is 27.4. The Bertz CT molecular complexity index is 1190. The summed E-state index contributed by atoms with van der Waals surface area (Å²) in [5.41, 5.74) is 3.06. The molecular weight excluding hydrogens is 466 g/mol. The van der Waals surface area contributed by atoms with Crippen molar-refractivity contribution in [2.45, 2.75) is 33.1 Å². The number of hydrogen-bond acceptors (Lipinski definition) is 4. The predicted octanol–water partition coefficient (Wildman–Crippen LogP) is 5.25. The molecule has 0 spiro atoms. The molecule has 186 valence electrons. The number of methoxy groups -OCH3 is 1. The van der Waals surface area contributed by atoms with Crippen LogP contribution < -0.4 is 10.6 Å². The maximum atomic E-state index is 13.1. The summed E-state index contributed by atoms with van der Waals surface area (Å²) in [7, 11) is 1.54. The fourth-order valence-corrected chi connectivity index (χ4v) is 3.59.